The molecule has 3 aromatic rings. The van der Waals surface area contributed by atoms with E-state index in [1.807, 2.05) is 57.2 Å². The minimum absolute atomic E-state index is 0.0806. The Morgan fingerprint density at radius 1 is 1.14 bits per heavy atom. The van der Waals surface area contributed by atoms with Crippen LogP contribution in [0.1, 0.15) is 51.4 Å². The van der Waals surface area contributed by atoms with Gasteiger partial charge in [0.15, 0.2) is 5.16 Å². The average molecular weight is 397 g/mol. The van der Waals surface area contributed by atoms with Crippen molar-refractivity contribution < 1.29 is 4.79 Å². The highest BCUT2D eigenvalue weighted by Crippen LogP contribution is 2.41. The smallest absolute Gasteiger partial charge is 0.238 e. The molecule has 1 amide bonds. The summed E-state index contributed by atoms with van der Waals surface area (Å²) in [6, 6.07) is 12.1. The Hall–Kier alpha value is -2.61. The Morgan fingerprint density at radius 3 is 2.57 bits per heavy atom. The third-order valence-corrected chi connectivity index (χ3v) is 5.72. The zero-order valence-corrected chi connectivity index (χ0v) is 17.1. The number of hydrogen-bond donors (Lipinski definition) is 1. The number of benzene rings is 1. The highest BCUT2D eigenvalue weighted by Gasteiger charge is 2.32. The summed E-state index contributed by atoms with van der Waals surface area (Å²) >= 11 is 1.42. The number of hydrogen-bond acceptors (Lipinski definition) is 5. The molecule has 1 atom stereocenters. The third kappa shape index (κ3) is 3.82. The molecule has 1 aliphatic carbocycles. The lowest BCUT2D eigenvalue weighted by molar-refractivity contribution is -0.115. The summed E-state index contributed by atoms with van der Waals surface area (Å²) in [7, 11) is 0. The molecule has 0 unspecified atom stereocenters. The number of carbonyl (C=O) groups excluding carboxylic acids is 1. The summed E-state index contributed by atoms with van der Waals surface area (Å²) in [4.78, 5) is 12.8. The van der Waals surface area contributed by atoms with Gasteiger partial charge in [-0.2, -0.15) is 5.10 Å². The number of carbonyl (C=O) groups is 1. The second kappa shape index (κ2) is 7.79. The van der Waals surface area contributed by atoms with Crippen LogP contribution in [-0.2, 0) is 4.79 Å². The first-order valence-electron chi connectivity index (χ1n) is 9.56. The van der Waals surface area contributed by atoms with Crippen molar-refractivity contribution in [2.45, 2.75) is 56.0 Å². The topological polar surface area (TPSA) is 77.6 Å². The molecule has 1 fully saturated rings. The second-order valence-electron chi connectivity index (χ2n) is 7.29. The molecule has 2 aromatic heterocycles. The van der Waals surface area contributed by atoms with E-state index in [1.165, 1.54) is 11.8 Å². The van der Waals surface area contributed by atoms with E-state index < -0.39 is 0 Å². The summed E-state index contributed by atoms with van der Waals surface area (Å²) in [6.07, 6.45) is 3.98. The molecular weight excluding hydrogens is 372 g/mol. The molecule has 0 radical (unpaired) electrons. The summed E-state index contributed by atoms with van der Waals surface area (Å²) in [5, 5.41) is 16.5. The number of nitrogens with zero attached hydrogens (tertiary/aromatic N) is 5. The fourth-order valence-electron chi connectivity index (χ4n) is 3.05. The first kappa shape index (κ1) is 18.7. The predicted octanol–water partition coefficient (Wildman–Crippen LogP) is 4.04. The molecular formula is C20H24N6OS. The number of nitrogens with one attached hydrogen (secondary N) is 1. The van der Waals surface area contributed by atoms with Gasteiger partial charge in [0.1, 0.15) is 11.6 Å². The van der Waals surface area contributed by atoms with E-state index in [4.69, 9.17) is 0 Å². The van der Waals surface area contributed by atoms with Gasteiger partial charge >= 0.3 is 0 Å². The van der Waals surface area contributed by atoms with Crippen molar-refractivity contribution in [2.24, 2.45) is 0 Å². The Morgan fingerprint density at radius 2 is 1.89 bits per heavy atom. The van der Waals surface area contributed by atoms with Crippen LogP contribution in [0.3, 0.4) is 0 Å². The molecule has 0 aliphatic heterocycles. The van der Waals surface area contributed by atoms with Crippen LogP contribution < -0.4 is 5.32 Å². The second-order valence-corrected chi connectivity index (χ2v) is 8.60. The van der Waals surface area contributed by atoms with Gasteiger partial charge in [-0.25, -0.2) is 4.68 Å². The quantitative estimate of drug-likeness (QED) is 0.610. The Kier molecular flexibility index (Phi) is 5.21. The van der Waals surface area contributed by atoms with Crippen molar-refractivity contribution in [3.8, 4) is 5.69 Å². The van der Waals surface area contributed by atoms with Gasteiger partial charge in [0.25, 0.3) is 0 Å². The molecule has 0 saturated heterocycles. The Bertz CT molecular complexity index is 960. The minimum Gasteiger partial charge on any atom is -0.310 e. The Labute approximate surface area is 168 Å². The van der Waals surface area contributed by atoms with Gasteiger partial charge in [-0.15, -0.1) is 10.2 Å². The lowest BCUT2D eigenvalue weighted by atomic mass is 10.3. The zero-order valence-electron chi connectivity index (χ0n) is 16.2. The number of anilines is 1. The van der Waals surface area contributed by atoms with Crippen molar-refractivity contribution >= 4 is 23.5 Å². The van der Waals surface area contributed by atoms with Crippen molar-refractivity contribution in [1.82, 2.24) is 24.5 Å². The summed E-state index contributed by atoms with van der Waals surface area (Å²) in [5.74, 6) is 2.07. The van der Waals surface area contributed by atoms with Crippen molar-refractivity contribution in [3.05, 3.63) is 48.4 Å². The molecule has 0 spiro atoms. The summed E-state index contributed by atoms with van der Waals surface area (Å²) in [6.45, 7) is 5.95. The van der Waals surface area contributed by atoms with E-state index >= 15 is 0 Å². The Balaban J connectivity index is 1.54. The van der Waals surface area contributed by atoms with Crippen LogP contribution in [0, 0.1) is 0 Å². The van der Waals surface area contributed by atoms with E-state index in [-0.39, 0.29) is 17.2 Å². The van der Waals surface area contributed by atoms with Crippen LogP contribution in [0.2, 0.25) is 0 Å². The van der Waals surface area contributed by atoms with Crippen LogP contribution in [0.4, 0.5) is 5.82 Å². The number of amides is 1. The molecule has 4 rings (SSSR count). The molecule has 1 aromatic carbocycles. The van der Waals surface area contributed by atoms with Crippen molar-refractivity contribution in [2.75, 3.05) is 5.32 Å². The maximum atomic E-state index is 12.8. The first-order chi connectivity index (χ1) is 13.5. The van der Waals surface area contributed by atoms with Crippen LogP contribution in [0.15, 0.2) is 47.8 Å². The molecule has 1 N–H and O–H groups in total. The van der Waals surface area contributed by atoms with Crippen molar-refractivity contribution in [1.29, 1.82) is 0 Å². The molecule has 28 heavy (non-hydrogen) atoms. The maximum Gasteiger partial charge on any atom is 0.238 e. The van der Waals surface area contributed by atoms with Gasteiger partial charge < -0.3 is 5.32 Å². The van der Waals surface area contributed by atoms with Gasteiger partial charge in [-0.3, -0.25) is 9.36 Å². The SMILES string of the molecule is CC(C)n1nccc1NC(=O)[C@H](C)Sc1nnc(C2CC2)n1-c1ccccc1. The van der Waals surface area contributed by atoms with Gasteiger partial charge in [-0.1, -0.05) is 30.0 Å². The lowest BCUT2D eigenvalue weighted by Crippen LogP contribution is -2.25. The molecule has 0 bridgehead atoms. The largest absolute Gasteiger partial charge is 0.310 e. The van der Waals surface area contributed by atoms with Crippen LogP contribution >= 0.6 is 11.8 Å². The lowest BCUT2D eigenvalue weighted by Gasteiger charge is -2.15. The molecule has 8 heteroatoms. The summed E-state index contributed by atoms with van der Waals surface area (Å²) < 4.78 is 3.89. The van der Waals surface area contributed by atoms with E-state index in [2.05, 4.69) is 25.2 Å². The van der Waals surface area contributed by atoms with Crippen molar-refractivity contribution in [3.63, 3.8) is 0 Å². The number of para-hydroxylation sites is 1. The number of rotatable bonds is 7. The van der Waals surface area contributed by atoms with E-state index in [0.717, 1.165) is 29.5 Å². The van der Waals surface area contributed by atoms with E-state index in [1.54, 1.807) is 10.9 Å². The van der Waals surface area contributed by atoms with E-state index in [0.29, 0.717) is 11.7 Å². The molecule has 146 valence electrons. The van der Waals surface area contributed by atoms with Crippen LogP contribution in [0.5, 0.6) is 0 Å². The molecule has 2 heterocycles. The summed E-state index contributed by atoms with van der Waals surface area (Å²) in [5.41, 5.74) is 1.03. The number of aromatic nitrogens is 5. The minimum atomic E-state index is -0.325. The average Bonchev–Trinajstić information content (AvgIpc) is 3.28. The zero-order chi connectivity index (χ0) is 19.7. The van der Waals surface area contributed by atoms with Crippen LogP contribution in [0.25, 0.3) is 5.69 Å². The fraction of sp³-hybridized carbons (Fsp3) is 0.400. The standard InChI is InChI=1S/C20H24N6OS/c1-13(2)26-17(11-12-21-26)22-19(27)14(3)28-20-24-23-18(15-9-10-15)25(20)16-7-5-4-6-8-16/h4-8,11-15H,9-10H2,1-3H3,(H,22,27)/t14-/m0/s1. The van der Waals surface area contributed by atoms with Gasteiger partial charge in [0, 0.05) is 23.7 Å². The van der Waals surface area contributed by atoms with Gasteiger partial charge in [0.2, 0.25) is 5.91 Å². The maximum absolute atomic E-state index is 12.8. The molecule has 1 saturated carbocycles. The molecule has 7 nitrogen and oxygen atoms in total. The fourth-order valence-corrected chi connectivity index (χ4v) is 3.92. The van der Waals surface area contributed by atoms with Crippen LogP contribution in [-0.4, -0.2) is 35.7 Å². The number of thioether (sulfide) groups is 1. The first-order valence-corrected chi connectivity index (χ1v) is 10.4. The monoisotopic (exact) mass is 396 g/mol. The van der Waals surface area contributed by atoms with E-state index in [9.17, 15) is 4.79 Å². The van der Waals surface area contributed by atoms with Gasteiger partial charge in [-0.05, 0) is 45.7 Å². The predicted molar refractivity (Wildman–Crippen MR) is 110 cm³/mol. The normalized spacial score (nSPS) is 15.0. The highest BCUT2D eigenvalue weighted by molar-refractivity contribution is 8.00. The highest BCUT2D eigenvalue weighted by atomic mass is 32.2. The molecule has 1 aliphatic rings. The third-order valence-electron chi connectivity index (χ3n) is 4.68. The van der Waals surface area contributed by atoms with Gasteiger partial charge in [0.05, 0.1) is 11.4 Å².